The molecule has 0 atom stereocenters. The maximum absolute atomic E-state index is 13.1. The number of ether oxygens (including phenoxy) is 1. The minimum atomic E-state index is -3.67. The predicted octanol–water partition coefficient (Wildman–Crippen LogP) is 4.73. The van der Waals surface area contributed by atoms with Crippen LogP contribution in [0.5, 0.6) is 5.75 Å². The molecule has 7 heteroatoms. The van der Waals surface area contributed by atoms with Crippen molar-refractivity contribution in [2.75, 3.05) is 22.8 Å². The molecule has 0 radical (unpaired) electrons. The fraction of sp³-hybridized carbons (Fsp3) is 0.240. The van der Waals surface area contributed by atoms with Gasteiger partial charge in [0.15, 0.2) is 0 Å². The summed E-state index contributed by atoms with van der Waals surface area (Å²) < 4.78 is 33.5. The van der Waals surface area contributed by atoms with E-state index < -0.39 is 10.0 Å². The van der Waals surface area contributed by atoms with E-state index in [9.17, 15) is 13.2 Å². The Hall–Kier alpha value is -3.32. The maximum atomic E-state index is 13.1. The van der Waals surface area contributed by atoms with Crippen LogP contribution in [0.3, 0.4) is 0 Å². The molecule has 0 bridgehead atoms. The predicted molar refractivity (Wildman–Crippen MR) is 126 cm³/mol. The van der Waals surface area contributed by atoms with E-state index in [1.54, 1.807) is 30.3 Å². The number of carbonyl (C=O) groups is 1. The molecule has 1 aliphatic heterocycles. The summed E-state index contributed by atoms with van der Waals surface area (Å²) in [5.74, 6) is 0.544. The van der Waals surface area contributed by atoms with Crippen molar-refractivity contribution < 1.29 is 17.9 Å². The number of anilines is 2. The van der Waals surface area contributed by atoms with E-state index in [0.717, 1.165) is 11.3 Å². The molecule has 3 aromatic carbocycles. The zero-order valence-corrected chi connectivity index (χ0v) is 18.9. The fourth-order valence-electron chi connectivity index (χ4n) is 3.63. The van der Waals surface area contributed by atoms with Gasteiger partial charge in [-0.05, 0) is 60.4 Å². The smallest absolute Gasteiger partial charge is 0.264 e. The molecule has 0 spiro atoms. The van der Waals surface area contributed by atoms with Crippen molar-refractivity contribution in [2.45, 2.75) is 25.2 Å². The molecule has 0 fully saturated rings. The van der Waals surface area contributed by atoms with Gasteiger partial charge in [-0.1, -0.05) is 44.2 Å². The van der Waals surface area contributed by atoms with Crippen LogP contribution < -0.4 is 14.4 Å². The second kappa shape index (κ2) is 9.04. The Bertz CT molecular complexity index is 1220. The molecular formula is C25H26N2O4S. The van der Waals surface area contributed by atoms with Crippen molar-refractivity contribution >= 4 is 27.3 Å². The van der Waals surface area contributed by atoms with Crippen LogP contribution in [0.1, 0.15) is 29.8 Å². The number of benzene rings is 3. The van der Waals surface area contributed by atoms with Crippen molar-refractivity contribution in [1.29, 1.82) is 0 Å². The van der Waals surface area contributed by atoms with E-state index in [4.69, 9.17) is 4.74 Å². The summed E-state index contributed by atoms with van der Waals surface area (Å²) in [7, 11) is -3.67. The highest BCUT2D eigenvalue weighted by molar-refractivity contribution is 7.92. The number of rotatable bonds is 7. The van der Waals surface area contributed by atoms with Gasteiger partial charge >= 0.3 is 0 Å². The summed E-state index contributed by atoms with van der Waals surface area (Å²) in [6.45, 7) is 5.02. The van der Waals surface area contributed by atoms with Gasteiger partial charge in [0.05, 0.1) is 22.8 Å². The molecule has 6 nitrogen and oxygen atoms in total. The lowest BCUT2D eigenvalue weighted by Gasteiger charge is -2.19. The van der Waals surface area contributed by atoms with Gasteiger partial charge in [-0.15, -0.1) is 0 Å². The standard InChI is InChI=1S/C25H26N2O4S/c1-18(2)17-31-24-10-6-4-8-22(24)25(28)26-20-11-13-21(14-12-20)32(29,30)27-16-15-19-7-3-5-9-23(19)27/h3-14,18H,15-17H2,1-2H3,(H,26,28). The molecule has 32 heavy (non-hydrogen) atoms. The monoisotopic (exact) mass is 450 g/mol. The first-order chi connectivity index (χ1) is 15.4. The number of carbonyl (C=O) groups excluding carboxylic acids is 1. The average Bonchev–Trinajstić information content (AvgIpc) is 3.23. The van der Waals surface area contributed by atoms with Gasteiger partial charge in [0, 0.05) is 12.2 Å². The molecule has 0 unspecified atom stereocenters. The van der Waals surface area contributed by atoms with Crippen LogP contribution in [0, 0.1) is 5.92 Å². The van der Waals surface area contributed by atoms with Gasteiger partial charge in [0.2, 0.25) is 0 Å². The number of nitrogens with zero attached hydrogens (tertiary/aromatic N) is 1. The first kappa shape index (κ1) is 21.9. The molecule has 1 amide bonds. The minimum absolute atomic E-state index is 0.188. The third kappa shape index (κ3) is 4.48. The molecule has 1 aliphatic rings. The quantitative estimate of drug-likeness (QED) is 0.565. The highest BCUT2D eigenvalue weighted by atomic mass is 32.2. The summed E-state index contributed by atoms with van der Waals surface area (Å²) in [6.07, 6.45) is 0.696. The Morgan fingerprint density at radius 1 is 1.00 bits per heavy atom. The number of nitrogens with one attached hydrogen (secondary N) is 1. The van der Waals surface area contributed by atoms with Crippen LogP contribution in [-0.2, 0) is 16.4 Å². The summed E-state index contributed by atoms with van der Waals surface area (Å²) in [5.41, 5.74) is 2.69. The van der Waals surface area contributed by atoms with Gasteiger partial charge in [-0.25, -0.2) is 8.42 Å². The number of sulfonamides is 1. The second-order valence-electron chi connectivity index (χ2n) is 8.14. The van der Waals surface area contributed by atoms with E-state index in [1.165, 1.54) is 16.4 Å². The Labute approximate surface area is 188 Å². The second-order valence-corrected chi connectivity index (χ2v) is 10.00. The molecule has 1 N–H and O–H groups in total. The fourth-order valence-corrected chi connectivity index (χ4v) is 5.13. The van der Waals surface area contributed by atoms with Gasteiger partial charge < -0.3 is 10.1 Å². The van der Waals surface area contributed by atoms with E-state index in [0.29, 0.717) is 42.5 Å². The van der Waals surface area contributed by atoms with E-state index >= 15 is 0 Å². The highest BCUT2D eigenvalue weighted by Crippen LogP contribution is 2.33. The van der Waals surface area contributed by atoms with Crippen molar-refractivity contribution in [3.8, 4) is 5.75 Å². The summed E-state index contributed by atoms with van der Waals surface area (Å²) in [6, 6.07) is 20.8. The number of hydrogen-bond donors (Lipinski definition) is 1. The summed E-state index contributed by atoms with van der Waals surface area (Å²) in [4.78, 5) is 13.0. The largest absolute Gasteiger partial charge is 0.492 e. The Morgan fingerprint density at radius 2 is 1.69 bits per heavy atom. The van der Waals surface area contributed by atoms with Gasteiger partial charge in [0.25, 0.3) is 15.9 Å². The average molecular weight is 451 g/mol. The van der Waals surface area contributed by atoms with E-state index in [1.807, 2.05) is 44.2 Å². The topological polar surface area (TPSA) is 75.7 Å². The third-order valence-corrected chi connectivity index (χ3v) is 7.08. The highest BCUT2D eigenvalue weighted by Gasteiger charge is 2.30. The SMILES string of the molecule is CC(C)COc1ccccc1C(=O)Nc1ccc(S(=O)(=O)N2CCc3ccccc32)cc1. The molecule has 0 saturated carbocycles. The number of fused-ring (bicyclic) bond motifs is 1. The van der Waals surface area contributed by atoms with Crippen LogP contribution >= 0.6 is 0 Å². The first-order valence-electron chi connectivity index (χ1n) is 10.6. The van der Waals surface area contributed by atoms with Gasteiger partial charge in [-0.3, -0.25) is 9.10 Å². The summed E-state index contributed by atoms with van der Waals surface area (Å²) in [5, 5.41) is 2.82. The van der Waals surface area contributed by atoms with Crippen molar-refractivity contribution in [1.82, 2.24) is 0 Å². The van der Waals surface area contributed by atoms with Crippen LogP contribution in [0.25, 0.3) is 0 Å². The lowest BCUT2D eigenvalue weighted by atomic mass is 10.1. The maximum Gasteiger partial charge on any atom is 0.264 e. The first-order valence-corrected chi connectivity index (χ1v) is 12.0. The van der Waals surface area contributed by atoms with Gasteiger partial charge in [0.1, 0.15) is 5.75 Å². The Kier molecular flexibility index (Phi) is 6.19. The summed E-state index contributed by atoms with van der Waals surface area (Å²) >= 11 is 0. The molecule has 0 aliphatic carbocycles. The molecule has 166 valence electrons. The van der Waals surface area contributed by atoms with Crippen LogP contribution in [-0.4, -0.2) is 27.5 Å². The normalized spacial score (nSPS) is 13.2. The lowest BCUT2D eigenvalue weighted by Crippen LogP contribution is -2.29. The lowest BCUT2D eigenvalue weighted by molar-refractivity contribution is 0.102. The van der Waals surface area contributed by atoms with E-state index in [2.05, 4.69) is 5.32 Å². The van der Waals surface area contributed by atoms with Gasteiger partial charge in [-0.2, -0.15) is 0 Å². The molecule has 1 heterocycles. The van der Waals surface area contributed by atoms with E-state index in [-0.39, 0.29) is 10.8 Å². The zero-order valence-electron chi connectivity index (χ0n) is 18.1. The number of amides is 1. The van der Waals surface area contributed by atoms with Crippen LogP contribution in [0.15, 0.2) is 77.7 Å². The van der Waals surface area contributed by atoms with Crippen LogP contribution in [0.2, 0.25) is 0 Å². The zero-order chi connectivity index (χ0) is 22.7. The van der Waals surface area contributed by atoms with Crippen LogP contribution in [0.4, 0.5) is 11.4 Å². The molecule has 4 rings (SSSR count). The van der Waals surface area contributed by atoms with Crippen molar-refractivity contribution in [3.63, 3.8) is 0 Å². The van der Waals surface area contributed by atoms with Crippen molar-refractivity contribution in [3.05, 3.63) is 83.9 Å². The molecule has 0 saturated heterocycles. The molecular weight excluding hydrogens is 424 g/mol. The minimum Gasteiger partial charge on any atom is -0.492 e. The van der Waals surface area contributed by atoms with Crippen molar-refractivity contribution in [2.24, 2.45) is 5.92 Å². The Balaban J connectivity index is 1.50. The number of para-hydroxylation sites is 2. The molecule has 0 aromatic heterocycles. The Morgan fingerprint density at radius 3 is 2.44 bits per heavy atom. The number of hydrogen-bond acceptors (Lipinski definition) is 4. The third-order valence-electron chi connectivity index (χ3n) is 5.25. The molecule has 3 aromatic rings.